The van der Waals surface area contributed by atoms with E-state index in [1.54, 1.807) is 0 Å². The summed E-state index contributed by atoms with van der Waals surface area (Å²) in [6, 6.07) is 2.85. The Morgan fingerprint density at radius 2 is 1.94 bits per heavy atom. The van der Waals surface area contributed by atoms with Crippen molar-refractivity contribution >= 4 is 17.3 Å². The first-order valence-corrected chi connectivity index (χ1v) is 4.58. The molecular formula is C9H8N2O7. The van der Waals surface area contributed by atoms with Crippen LogP contribution in [0.2, 0.25) is 0 Å². The zero-order chi connectivity index (χ0) is 13.7. The molecule has 1 rings (SSSR count). The van der Waals surface area contributed by atoms with Gasteiger partial charge in [0.25, 0.3) is 5.69 Å². The van der Waals surface area contributed by atoms with Crippen molar-refractivity contribution in [2.24, 2.45) is 0 Å². The highest BCUT2D eigenvalue weighted by Crippen LogP contribution is 2.30. The first-order chi connectivity index (χ1) is 8.45. The Morgan fingerprint density at radius 3 is 2.44 bits per heavy atom. The molecule has 0 aliphatic rings. The number of carbonyl (C=O) groups is 1. The molecule has 0 N–H and O–H groups in total. The van der Waals surface area contributed by atoms with E-state index in [9.17, 15) is 25.0 Å². The Hall–Kier alpha value is -2.71. The second-order valence-electron chi connectivity index (χ2n) is 3.03. The van der Waals surface area contributed by atoms with Crippen molar-refractivity contribution in [3.8, 4) is 5.75 Å². The quantitative estimate of drug-likeness (QED) is 0.438. The highest BCUT2D eigenvalue weighted by atomic mass is 16.6. The number of hydrogen-bond acceptors (Lipinski definition) is 7. The number of methoxy groups -OCH3 is 1. The molecule has 0 saturated heterocycles. The van der Waals surface area contributed by atoms with Gasteiger partial charge < -0.3 is 9.47 Å². The van der Waals surface area contributed by atoms with Crippen molar-refractivity contribution in [1.29, 1.82) is 0 Å². The molecule has 0 aromatic heterocycles. The first-order valence-electron chi connectivity index (χ1n) is 4.58. The van der Waals surface area contributed by atoms with E-state index in [1.807, 2.05) is 0 Å². The van der Waals surface area contributed by atoms with Gasteiger partial charge in [-0.05, 0) is 6.07 Å². The van der Waals surface area contributed by atoms with Gasteiger partial charge >= 0.3 is 11.7 Å². The SMILES string of the molecule is COC(=O)COc1ccc([N+](=O)[O-])cc1[N+](=O)[O-]. The number of rotatable bonds is 5. The van der Waals surface area contributed by atoms with E-state index < -0.39 is 33.8 Å². The maximum absolute atomic E-state index is 10.8. The van der Waals surface area contributed by atoms with E-state index in [-0.39, 0.29) is 5.75 Å². The van der Waals surface area contributed by atoms with Crippen molar-refractivity contribution in [1.82, 2.24) is 0 Å². The molecule has 9 heteroatoms. The van der Waals surface area contributed by atoms with Gasteiger partial charge in [-0.15, -0.1) is 0 Å². The highest BCUT2D eigenvalue weighted by Gasteiger charge is 2.21. The van der Waals surface area contributed by atoms with Crippen LogP contribution in [-0.2, 0) is 9.53 Å². The van der Waals surface area contributed by atoms with Crippen molar-refractivity contribution in [2.45, 2.75) is 0 Å². The van der Waals surface area contributed by atoms with E-state index in [2.05, 4.69) is 4.74 Å². The standard InChI is InChI=1S/C9H8N2O7/c1-17-9(12)5-18-8-3-2-6(10(13)14)4-7(8)11(15)16/h2-4H,5H2,1H3. The number of benzene rings is 1. The summed E-state index contributed by atoms with van der Waals surface area (Å²) in [6.07, 6.45) is 0. The highest BCUT2D eigenvalue weighted by molar-refractivity contribution is 5.71. The van der Waals surface area contributed by atoms with Gasteiger partial charge in [-0.1, -0.05) is 0 Å². The average Bonchev–Trinajstić information content (AvgIpc) is 2.35. The van der Waals surface area contributed by atoms with Gasteiger partial charge in [0.05, 0.1) is 23.0 Å². The third-order valence-electron chi connectivity index (χ3n) is 1.92. The number of non-ortho nitro benzene ring substituents is 1. The fourth-order valence-corrected chi connectivity index (χ4v) is 1.08. The number of nitro groups is 2. The molecule has 1 aromatic rings. The summed E-state index contributed by atoms with van der Waals surface area (Å²) in [7, 11) is 1.13. The third-order valence-corrected chi connectivity index (χ3v) is 1.92. The summed E-state index contributed by atoms with van der Waals surface area (Å²) in [6.45, 7) is -0.519. The summed E-state index contributed by atoms with van der Waals surface area (Å²) >= 11 is 0. The lowest BCUT2D eigenvalue weighted by atomic mass is 10.2. The second kappa shape index (κ2) is 5.57. The van der Waals surface area contributed by atoms with E-state index in [0.717, 1.165) is 25.3 Å². The fraction of sp³-hybridized carbons (Fsp3) is 0.222. The van der Waals surface area contributed by atoms with E-state index in [0.29, 0.717) is 0 Å². The predicted molar refractivity (Wildman–Crippen MR) is 57.3 cm³/mol. The molecule has 0 saturated carbocycles. The Bertz CT molecular complexity index is 500. The van der Waals surface area contributed by atoms with Gasteiger partial charge in [0, 0.05) is 6.07 Å². The molecule has 0 bridgehead atoms. The number of hydrogen-bond donors (Lipinski definition) is 0. The van der Waals surface area contributed by atoms with Crippen LogP contribution in [0.1, 0.15) is 0 Å². The van der Waals surface area contributed by atoms with Crippen LogP contribution in [0.4, 0.5) is 11.4 Å². The molecule has 18 heavy (non-hydrogen) atoms. The molecule has 0 aliphatic carbocycles. The van der Waals surface area contributed by atoms with E-state index >= 15 is 0 Å². The van der Waals surface area contributed by atoms with Gasteiger partial charge in [-0.25, -0.2) is 4.79 Å². The van der Waals surface area contributed by atoms with E-state index in [1.165, 1.54) is 0 Å². The molecule has 0 atom stereocenters. The number of esters is 1. The zero-order valence-corrected chi connectivity index (χ0v) is 9.19. The summed E-state index contributed by atoms with van der Waals surface area (Å²) in [5, 5.41) is 21.2. The van der Waals surface area contributed by atoms with Crippen LogP contribution in [0.15, 0.2) is 18.2 Å². The number of nitrogens with zero attached hydrogens (tertiary/aromatic N) is 2. The van der Waals surface area contributed by atoms with Crippen molar-refractivity contribution in [2.75, 3.05) is 13.7 Å². The summed E-state index contributed by atoms with van der Waals surface area (Å²) in [5.74, 6) is -0.960. The van der Waals surface area contributed by atoms with Crippen molar-refractivity contribution in [3.05, 3.63) is 38.4 Å². The molecule has 0 fully saturated rings. The number of nitro benzene ring substituents is 2. The predicted octanol–water partition coefficient (Wildman–Crippen LogP) is 1.05. The van der Waals surface area contributed by atoms with E-state index in [4.69, 9.17) is 4.74 Å². The molecule has 1 aromatic carbocycles. The van der Waals surface area contributed by atoms with Crippen LogP contribution >= 0.6 is 0 Å². The average molecular weight is 256 g/mol. The molecular weight excluding hydrogens is 248 g/mol. The molecule has 0 amide bonds. The largest absolute Gasteiger partial charge is 0.475 e. The van der Waals surface area contributed by atoms with Crippen molar-refractivity contribution < 1.29 is 24.1 Å². The number of ether oxygens (including phenoxy) is 2. The normalized spacial score (nSPS) is 9.61. The molecule has 0 heterocycles. The maximum atomic E-state index is 10.8. The van der Waals surface area contributed by atoms with Crippen LogP contribution in [0.25, 0.3) is 0 Å². The molecule has 9 nitrogen and oxygen atoms in total. The fourth-order valence-electron chi connectivity index (χ4n) is 1.08. The van der Waals surface area contributed by atoms with Gasteiger partial charge in [0.2, 0.25) is 0 Å². The smallest absolute Gasteiger partial charge is 0.343 e. The molecule has 96 valence electrons. The Labute approximate surface area is 100 Å². The van der Waals surface area contributed by atoms with Gasteiger partial charge in [-0.2, -0.15) is 0 Å². The van der Waals surface area contributed by atoms with Gasteiger partial charge in [0.15, 0.2) is 12.4 Å². The molecule has 0 aliphatic heterocycles. The lowest BCUT2D eigenvalue weighted by Gasteiger charge is -2.04. The monoisotopic (exact) mass is 256 g/mol. The summed E-state index contributed by atoms with van der Waals surface area (Å²) in [5.41, 5.74) is -1.03. The van der Waals surface area contributed by atoms with Gasteiger partial charge in [-0.3, -0.25) is 20.2 Å². The summed E-state index contributed by atoms with van der Waals surface area (Å²) in [4.78, 5) is 30.4. The van der Waals surface area contributed by atoms with Gasteiger partial charge in [0.1, 0.15) is 0 Å². The minimum Gasteiger partial charge on any atom is -0.475 e. The maximum Gasteiger partial charge on any atom is 0.343 e. The molecule has 0 radical (unpaired) electrons. The minimum absolute atomic E-state index is 0.240. The Morgan fingerprint density at radius 1 is 1.28 bits per heavy atom. The second-order valence-corrected chi connectivity index (χ2v) is 3.03. The minimum atomic E-state index is -0.834. The van der Waals surface area contributed by atoms with Crippen LogP contribution in [0.3, 0.4) is 0 Å². The zero-order valence-electron chi connectivity index (χ0n) is 9.19. The Balaban J connectivity index is 3.00. The topological polar surface area (TPSA) is 122 Å². The number of carbonyl (C=O) groups excluding carboxylic acids is 1. The van der Waals surface area contributed by atoms with Crippen LogP contribution < -0.4 is 4.74 Å². The summed E-state index contributed by atoms with van der Waals surface area (Å²) < 4.78 is 9.14. The van der Waals surface area contributed by atoms with Crippen LogP contribution in [0, 0.1) is 20.2 Å². The third kappa shape index (κ3) is 3.14. The Kier molecular flexibility index (Phi) is 4.13. The van der Waals surface area contributed by atoms with Crippen LogP contribution in [-0.4, -0.2) is 29.5 Å². The van der Waals surface area contributed by atoms with Crippen molar-refractivity contribution in [3.63, 3.8) is 0 Å². The first kappa shape index (κ1) is 13.4. The molecule has 0 spiro atoms. The molecule has 0 unspecified atom stereocenters. The van der Waals surface area contributed by atoms with Crippen LogP contribution in [0.5, 0.6) is 5.75 Å². The lowest BCUT2D eigenvalue weighted by molar-refractivity contribution is -0.394. The lowest BCUT2D eigenvalue weighted by Crippen LogP contribution is -2.13.